The quantitative estimate of drug-likeness (QED) is 0.866. The number of rotatable bonds is 4. The molecule has 21 heavy (non-hydrogen) atoms. The minimum Gasteiger partial charge on any atom is -0.426 e. The van der Waals surface area contributed by atoms with Gasteiger partial charge in [0.05, 0.1) is 17.3 Å². The molecule has 5 nitrogen and oxygen atoms in total. The fourth-order valence-corrected chi connectivity index (χ4v) is 2.59. The van der Waals surface area contributed by atoms with Gasteiger partial charge >= 0.3 is 6.18 Å². The van der Waals surface area contributed by atoms with Crippen molar-refractivity contribution in [2.24, 2.45) is 0 Å². The van der Waals surface area contributed by atoms with Gasteiger partial charge in [0.2, 0.25) is 11.8 Å². The average Bonchev–Trinajstić information content (AvgIpc) is 3.04. The SMILES string of the molecule is Cc1nnc(CCn2nc(C(F)(F)F)c(Cl)c2C2CC2)o1. The normalized spacial score (nSPS) is 15.7. The number of aromatic nitrogens is 4. The van der Waals surface area contributed by atoms with Crippen molar-refractivity contribution in [1.82, 2.24) is 20.0 Å². The number of aryl methyl sites for hydroxylation is 3. The summed E-state index contributed by atoms with van der Waals surface area (Å²) in [4.78, 5) is 0. The van der Waals surface area contributed by atoms with Gasteiger partial charge in [-0.1, -0.05) is 11.6 Å². The first-order valence-corrected chi connectivity index (χ1v) is 6.86. The van der Waals surface area contributed by atoms with Gasteiger partial charge in [0.25, 0.3) is 0 Å². The van der Waals surface area contributed by atoms with Crippen molar-refractivity contribution in [3.63, 3.8) is 0 Å². The number of hydrogen-bond donors (Lipinski definition) is 0. The van der Waals surface area contributed by atoms with Crippen molar-refractivity contribution in [2.75, 3.05) is 0 Å². The summed E-state index contributed by atoms with van der Waals surface area (Å²) >= 11 is 5.88. The molecule has 0 aromatic carbocycles. The van der Waals surface area contributed by atoms with Crippen LogP contribution in [0.1, 0.15) is 41.9 Å². The summed E-state index contributed by atoms with van der Waals surface area (Å²) in [6.45, 7) is 1.88. The van der Waals surface area contributed by atoms with Crippen LogP contribution in [-0.4, -0.2) is 20.0 Å². The summed E-state index contributed by atoms with van der Waals surface area (Å²) in [6, 6.07) is 0. The van der Waals surface area contributed by atoms with Crippen molar-refractivity contribution < 1.29 is 17.6 Å². The molecule has 0 saturated heterocycles. The third kappa shape index (κ3) is 2.90. The second-order valence-corrected chi connectivity index (χ2v) is 5.39. The number of hydrogen-bond acceptors (Lipinski definition) is 4. The van der Waals surface area contributed by atoms with Gasteiger partial charge in [-0.05, 0) is 12.8 Å². The van der Waals surface area contributed by atoms with Crippen molar-refractivity contribution in [3.05, 3.63) is 28.2 Å². The van der Waals surface area contributed by atoms with Gasteiger partial charge in [-0.3, -0.25) is 4.68 Å². The third-order valence-electron chi connectivity index (χ3n) is 3.27. The van der Waals surface area contributed by atoms with Gasteiger partial charge in [-0.2, -0.15) is 18.3 Å². The monoisotopic (exact) mass is 320 g/mol. The first-order chi connectivity index (χ1) is 9.86. The highest BCUT2D eigenvalue weighted by Crippen LogP contribution is 2.46. The highest BCUT2D eigenvalue weighted by molar-refractivity contribution is 6.32. The Hall–Kier alpha value is -1.57. The maximum Gasteiger partial charge on any atom is 0.436 e. The molecule has 0 N–H and O–H groups in total. The number of nitrogens with zero attached hydrogens (tertiary/aromatic N) is 4. The predicted molar refractivity (Wildman–Crippen MR) is 67.0 cm³/mol. The van der Waals surface area contributed by atoms with E-state index in [4.69, 9.17) is 16.0 Å². The first kappa shape index (κ1) is 14.4. The van der Waals surface area contributed by atoms with E-state index in [1.54, 1.807) is 6.92 Å². The molecule has 1 aliphatic carbocycles. The Labute approximate surface area is 123 Å². The number of alkyl halides is 3. The molecule has 0 atom stereocenters. The van der Waals surface area contributed by atoms with Gasteiger partial charge in [-0.25, -0.2) is 0 Å². The Bertz CT molecular complexity index is 660. The molecule has 3 rings (SSSR count). The van der Waals surface area contributed by atoms with Crippen LogP contribution in [0.5, 0.6) is 0 Å². The molecule has 1 aliphatic rings. The summed E-state index contributed by atoms with van der Waals surface area (Å²) < 4.78 is 45.2. The Kier molecular flexibility index (Phi) is 3.43. The van der Waals surface area contributed by atoms with Gasteiger partial charge in [0.15, 0.2) is 5.69 Å². The zero-order valence-electron chi connectivity index (χ0n) is 11.1. The molecular formula is C12H12ClF3N4O. The fourth-order valence-electron chi connectivity index (χ4n) is 2.19. The highest BCUT2D eigenvalue weighted by Gasteiger charge is 2.41. The lowest BCUT2D eigenvalue weighted by atomic mass is 10.2. The van der Waals surface area contributed by atoms with E-state index in [2.05, 4.69) is 15.3 Å². The second-order valence-electron chi connectivity index (χ2n) is 5.01. The Morgan fingerprint density at radius 1 is 1.33 bits per heavy atom. The standard InChI is InChI=1S/C12H12ClF3N4O/c1-6-17-18-8(21-6)4-5-20-10(7-2-3-7)9(13)11(19-20)12(14,15)16/h7H,2-5H2,1H3. The molecule has 1 saturated carbocycles. The average molecular weight is 321 g/mol. The van der Waals surface area contributed by atoms with Crippen LogP contribution in [0.4, 0.5) is 13.2 Å². The van der Waals surface area contributed by atoms with E-state index in [0.29, 0.717) is 23.9 Å². The Morgan fingerprint density at radius 2 is 2.05 bits per heavy atom. The molecule has 0 amide bonds. The summed E-state index contributed by atoms with van der Waals surface area (Å²) in [5.41, 5.74) is -0.562. The highest BCUT2D eigenvalue weighted by atomic mass is 35.5. The van der Waals surface area contributed by atoms with Crippen LogP contribution in [0.3, 0.4) is 0 Å². The molecule has 2 heterocycles. The molecule has 1 fully saturated rings. The fraction of sp³-hybridized carbons (Fsp3) is 0.583. The molecule has 0 spiro atoms. The van der Waals surface area contributed by atoms with E-state index >= 15 is 0 Å². The van der Waals surface area contributed by atoms with E-state index in [1.807, 2.05) is 0 Å². The van der Waals surface area contributed by atoms with Crippen LogP contribution in [0, 0.1) is 6.92 Å². The van der Waals surface area contributed by atoms with E-state index in [0.717, 1.165) is 12.8 Å². The van der Waals surface area contributed by atoms with E-state index < -0.39 is 11.9 Å². The molecular weight excluding hydrogens is 309 g/mol. The zero-order chi connectivity index (χ0) is 15.2. The largest absolute Gasteiger partial charge is 0.436 e. The first-order valence-electron chi connectivity index (χ1n) is 6.48. The molecule has 114 valence electrons. The Morgan fingerprint density at radius 3 is 2.57 bits per heavy atom. The minimum absolute atomic E-state index is 0.0607. The topological polar surface area (TPSA) is 56.7 Å². The molecule has 9 heteroatoms. The van der Waals surface area contributed by atoms with E-state index in [9.17, 15) is 13.2 Å². The summed E-state index contributed by atoms with van der Waals surface area (Å²) in [7, 11) is 0. The van der Waals surface area contributed by atoms with E-state index in [1.165, 1.54) is 4.68 Å². The van der Waals surface area contributed by atoms with Gasteiger partial charge < -0.3 is 4.42 Å². The van der Waals surface area contributed by atoms with Gasteiger partial charge in [0.1, 0.15) is 0 Å². The molecule has 0 bridgehead atoms. The smallest absolute Gasteiger partial charge is 0.426 e. The third-order valence-corrected chi connectivity index (χ3v) is 3.64. The predicted octanol–water partition coefficient (Wildman–Crippen LogP) is 3.37. The van der Waals surface area contributed by atoms with Crippen LogP contribution in [0.2, 0.25) is 5.02 Å². The van der Waals surface area contributed by atoms with Crippen LogP contribution in [-0.2, 0) is 19.1 Å². The lowest BCUT2D eigenvalue weighted by molar-refractivity contribution is -0.141. The molecule has 2 aromatic rings. The van der Waals surface area contributed by atoms with E-state index in [-0.39, 0.29) is 17.5 Å². The Balaban J connectivity index is 1.86. The van der Waals surface area contributed by atoms with Crippen molar-refractivity contribution in [2.45, 2.75) is 44.8 Å². The minimum atomic E-state index is -4.55. The van der Waals surface area contributed by atoms with Crippen molar-refractivity contribution in [3.8, 4) is 0 Å². The number of halogens is 4. The van der Waals surface area contributed by atoms with Crippen LogP contribution < -0.4 is 0 Å². The van der Waals surface area contributed by atoms with Crippen LogP contribution in [0.25, 0.3) is 0 Å². The van der Waals surface area contributed by atoms with Gasteiger partial charge in [-0.15, -0.1) is 10.2 Å². The molecule has 2 aromatic heterocycles. The molecule has 0 unspecified atom stereocenters. The van der Waals surface area contributed by atoms with Crippen molar-refractivity contribution >= 4 is 11.6 Å². The molecule has 0 aliphatic heterocycles. The summed E-state index contributed by atoms with van der Waals surface area (Å²) in [6.07, 6.45) is -2.56. The van der Waals surface area contributed by atoms with Crippen LogP contribution in [0.15, 0.2) is 4.42 Å². The van der Waals surface area contributed by atoms with Gasteiger partial charge in [0, 0.05) is 19.3 Å². The maximum absolute atomic E-state index is 12.9. The zero-order valence-corrected chi connectivity index (χ0v) is 11.9. The van der Waals surface area contributed by atoms with Crippen LogP contribution >= 0.6 is 11.6 Å². The second kappa shape index (κ2) is 5.01. The maximum atomic E-state index is 12.9. The lowest BCUT2D eigenvalue weighted by Gasteiger charge is -2.04. The summed E-state index contributed by atoms with van der Waals surface area (Å²) in [5, 5.41) is 10.8. The van der Waals surface area contributed by atoms with Crippen molar-refractivity contribution in [1.29, 1.82) is 0 Å². The molecule has 0 radical (unpaired) electrons. The lowest BCUT2D eigenvalue weighted by Crippen LogP contribution is -2.10. The summed E-state index contributed by atoms with van der Waals surface area (Å²) in [5.74, 6) is 0.849.